The molecular formula is C16H12ClFN2O. The Labute approximate surface area is 126 Å². The Morgan fingerprint density at radius 1 is 1.10 bits per heavy atom. The summed E-state index contributed by atoms with van der Waals surface area (Å²) in [5, 5.41) is 4.59. The summed E-state index contributed by atoms with van der Waals surface area (Å²) in [5.74, 6) is -0.136. The van der Waals surface area contributed by atoms with Gasteiger partial charge in [-0.15, -0.1) is 0 Å². The first kappa shape index (κ1) is 13.6. The number of halogens is 2. The van der Waals surface area contributed by atoms with Crippen LogP contribution in [0.1, 0.15) is 5.56 Å². The van der Waals surface area contributed by atoms with E-state index in [1.807, 2.05) is 25.1 Å². The van der Waals surface area contributed by atoms with Crippen LogP contribution in [0.3, 0.4) is 0 Å². The van der Waals surface area contributed by atoms with Crippen LogP contribution in [0.4, 0.5) is 10.3 Å². The molecule has 2 aromatic carbocycles. The molecule has 1 aromatic heterocycles. The number of nitrogens with zero attached hydrogens (tertiary/aromatic N) is 1. The fraction of sp³-hybridized carbons (Fsp3) is 0.0625. The molecule has 0 saturated carbocycles. The van der Waals surface area contributed by atoms with Gasteiger partial charge >= 0.3 is 0 Å². The molecule has 0 radical (unpaired) electrons. The zero-order valence-corrected chi connectivity index (χ0v) is 12.0. The third kappa shape index (κ3) is 2.62. The van der Waals surface area contributed by atoms with Crippen LogP contribution in [0.25, 0.3) is 22.4 Å². The number of hydrogen-bond acceptors (Lipinski definition) is 3. The Morgan fingerprint density at radius 2 is 1.81 bits per heavy atom. The quantitative estimate of drug-likeness (QED) is 0.747. The largest absolute Gasteiger partial charge is 0.367 e. The van der Waals surface area contributed by atoms with E-state index in [0.29, 0.717) is 21.8 Å². The fourth-order valence-electron chi connectivity index (χ4n) is 2.27. The van der Waals surface area contributed by atoms with E-state index in [1.165, 1.54) is 12.1 Å². The van der Waals surface area contributed by atoms with Gasteiger partial charge in [0.1, 0.15) is 11.5 Å². The molecule has 21 heavy (non-hydrogen) atoms. The smallest absolute Gasteiger partial charge is 0.230 e. The van der Waals surface area contributed by atoms with Crippen molar-refractivity contribution in [1.29, 1.82) is 0 Å². The standard InChI is InChI=1S/C16H12ClFN2O/c1-9-6-11(8-13(18)7-9)15-14(16(19)21-20-15)10-2-4-12(17)5-3-10/h2-8H,19H2,1H3. The van der Waals surface area contributed by atoms with Gasteiger partial charge in [0.25, 0.3) is 0 Å². The van der Waals surface area contributed by atoms with Gasteiger partial charge in [-0.3, -0.25) is 0 Å². The molecule has 0 aliphatic heterocycles. The topological polar surface area (TPSA) is 52.0 Å². The van der Waals surface area contributed by atoms with Crippen molar-refractivity contribution in [3.63, 3.8) is 0 Å². The van der Waals surface area contributed by atoms with Crippen molar-refractivity contribution in [2.75, 3.05) is 5.73 Å². The molecule has 1 heterocycles. The van der Waals surface area contributed by atoms with Crippen molar-refractivity contribution >= 4 is 17.5 Å². The minimum Gasteiger partial charge on any atom is -0.367 e. The van der Waals surface area contributed by atoms with Crippen LogP contribution >= 0.6 is 11.6 Å². The van der Waals surface area contributed by atoms with E-state index in [0.717, 1.165) is 11.1 Å². The van der Waals surface area contributed by atoms with Crippen LogP contribution in [-0.2, 0) is 0 Å². The maximum absolute atomic E-state index is 13.6. The highest BCUT2D eigenvalue weighted by Gasteiger charge is 2.18. The molecule has 2 N–H and O–H groups in total. The maximum Gasteiger partial charge on any atom is 0.230 e. The molecule has 0 spiro atoms. The van der Waals surface area contributed by atoms with Gasteiger partial charge in [-0.05, 0) is 48.4 Å². The van der Waals surface area contributed by atoms with Crippen LogP contribution in [0.5, 0.6) is 0 Å². The van der Waals surface area contributed by atoms with E-state index in [1.54, 1.807) is 12.1 Å². The number of benzene rings is 2. The maximum atomic E-state index is 13.6. The molecule has 0 aliphatic carbocycles. The summed E-state index contributed by atoms with van der Waals surface area (Å²) in [7, 11) is 0. The summed E-state index contributed by atoms with van der Waals surface area (Å²) < 4.78 is 18.7. The first-order valence-electron chi connectivity index (χ1n) is 6.33. The molecule has 0 fully saturated rings. The van der Waals surface area contributed by atoms with Gasteiger partial charge < -0.3 is 10.3 Å². The van der Waals surface area contributed by atoms with Gasteiger partial charge in [0.05, 0.1) is 5.56 Å². The number of rotatable bonds is 2. The summed E-state index contributed by atoms with van der Waals surface area (Å²) >= 11 is 5.89. The predicted molar refractivity (Wildman–Crippen MR) is 81.5 cm³/mol. The fourth-order valence-corrected chi connectivity index (χ4v) is 2.39. The second-order valence-corrected chi connectivity index (χ2v) is 5.23. The van der Waals surface area contributed by atoms with E-state index < -0.39 is 0 Å². The lowest BCUT2D eigenvalue weighted by molar-refractivity contribution is 0.439. The minimum absolute atomic E-state index is 0.189. The SMILES string of the molecule is Cc1cc(F)cc(-c2noc(N)c2-c2ccc(Cl)cc2)c1. The van der Waals surface area contributed by atoms with Gasteiger partial charge in [0.15, 0.2) is 0 Å². The number of nitrogen functional groups attached to an aromatic ring is 1. The number of anilines is 1. The molecule has 0 aliphatic rings. The first-order chi connectivity index (χ1) is 10.0. The van der Waals surface area contributed by atoms with Crippen molar-refractivity contribution < 1.29 is 8.91 Å². The lowest BCUT2D eigenvalue weighted by atomic mass is 10.00. The monoisotopic (exact) mass is 302 g/mol. The van der Waals surface area contributed by atoms with Gasteiger partial charge in [0.2, 0.25) is 5.88 Å². The van der Waals surface area contributed by atoms with Crippen molar-refractivity contribution in [1.82, 2.24) is 5.16 Å². The Balaban J connectivity index is 2.19. The van der Waals surface area contributed by atoms with Gasteiger partial charge in [-0.1, -0.05) is 28.9 Å². The summed E-state index contributed by atoms with van der Waals surface area (Å²) in [4.78, 5) is 0. The summed E-state index contributed by atoms with van der Waals surface area (Å²) in [6.45, 7) is 1.82. The van der Waals surface area contributed by atoms with Gasteiger partial charge in [0, 0.05) is 10.6 Å². The second kappa shape index (κ2) is 5.22. The Kier molecular flexibility index (Phi) is 3.39. The van der Waals surface area contributed by atoms with Gasteiger partial charge in [-0.25, -0.2) is 4.39 Å². The van der Waals surface area contributed by atoms with E-state index in [9.17, 15) is 4.39 Å². The highest BCUT2D eigenvalue weighted by molar-refractivity contribution is 6.30. The first-order valence-corrected chi connectivity index (χ1v) is 6.71. The van der Waals surface area contributed by atoms with Crippen molar-refractivity contribution in [3.8, 4) is 22.4 Å². The summed E-state index contributed by atoms with van der Waals surface area (Å²) in [6, 6.07) is 11.8. The van der Waals surface area contributed by atoms with Crippen LogP contribution < -0.4 is 5.73 Å². The van der Waals surface area contributed by atoms with Crippen LogP contribution in [0.2, 0.25) is 5.02 Å². The zero-order chi connectivity index (χ0) is 15.0. The predicted octanol–water partition coefficient (Wildman–Crippen LogP) is 4.69. The van der Waals surface area contributed by atoms with E-state index in [2.05, 4.69) is 5.16 Å². The lowest BCUT2D eigenvalue weighted by Crippen LogP contribution is -1.89. The second-order valence-electron chi connectivity index (χ2n) is 4.79. The van der Waals surface area contributed by atoms with Crippen molar-refractivity contribution in [2.24, 2.45) is 0 Å². The molecule has 0 amide bonds. The molecule has 5 heteroatoms. The van der Waals surface area contributed by atoms with Crippen LogP contribution in [-0.4, -0.2) is 5.16 Å². The Hall–Kier alpha value is -2.33. The highest BCUT2D eigenvalue weighted by Crippen LogP contribution is 2.37. The number of hydrogen-bond donors (Lipinski definition) is 1. The van der Waals surface area contributed by atoms with Crippen molar-refractivity contribution in [2.45, 2.75) is 6.92 Å². The average molecular weight is 303 g/mol. The summed E-state index contributed by atoms with van der Waals surface area (Å²) in [5.41, 5.74) is 9.25. The third-order valence-corrected chi connectivity index (χ3v) is 3.42. The molecule has 3 nitrogen and oxygen atoms in total. The minimum atomic E-state index is -0.325. The third-order valence-electron chi connectivity index (χ3n) is 3.17. The molecular weight excluding hydrogens is 291 g/mol. The molecule has 3 rings (SSSR count). The van der Waals surface area contributed by atoms with E-state index in [-0.39, 0.29) is 11.7 Å². The van der Waals surface area contributed by atoms with E-state index >= 15 is 0 Å². The lowest BCUT2D eigenvalue weighted by Gasteiger charge is -2.04. The number of nitrogens with two attached hydrogens (primary N) is 1. The van der Waals surface area contributed by atoms with Gasteiger partial charge in [-0.2, -0.15) is 0 Å². The normalized spacial score (nSPS) is 10.8. The van der Waals surface area contributed by atoms with Crippen LogP contribution in [0.15, 0.2) is 47.0 Å². The van der Waals surface area contributed by atoms with E-state index in [4.69, 9.17) is 21.9 Å². The molecule has 0 atom stereocenters. The number of aryl methyl sites for hydroxylation is 1. The number of aromatic nitrogens is 1. The van der Waals surface area contributed by atoms with Crippen molar-refractivity contribution in [3.05, 3.63) is 58.9 Å². The Bertz CT molecular complexity index is 776. The molecule has 0 saturated heterocycles. The Morgan fingerprint density at radius 3 is 2.48 bits per heavy atom. The van der Waals surface area contributed by atoms with Crippen LogP contribution in [0, 0.1) is 12.7 Å². The highest BCUT2D eigenvalue weighted by atomic mass is 35.5. The zero-order valence-electron chi connectivity index (χ0n) is 11.2. The molecule has 0 unspecified atom stereocenters. The summed E-state index contributed by atoms with van der Waals surface area (Å²) in [6.07, 6.45) is 0. The molecule has 3 aromatic rings. The average Bonchev–Trinajstić information content (AvgIpc) is 2.80. The molecule has 106 valence electrons. The molecule has 0 bridgehead atoms.